The Kier molecular flexibility index (Phi) is 3.91. The molecule has 0 aromatic carbocycles. The number of guanidine groups is 1. The number of fused-ring (bicyclic) bond motifs is 1. The highest BCUT2D eigenvalue weighted by molar-refractivity contribution is 5.80. The zero-order valence-electron chi connectivity index (χ0n) is 14.5. The van der Waals surface area contributed by atoms with Gasteiger partial charge in [0.05, 0.1) is 5.69 Å². The first-order valence-corrected chi connectivity index (χ1v) is 8.46. The van der Waals surface area contributed by atoms with Crippen LogP contribution < -0.4 is 10.6 Å². The van der Waals surface area contributed by atoms with Crippen LogP contribution in [-0.4, -0.2) is 34.9 Å². The molecule has 1 heterocycles. The molecule has 0 radical (unpaired) electrons. The van der Waals surface area contributed by atoms with Crippen molar-refractivity contribution >= 4 is 5.96 Å². The highest BCUT2D eigenvalue weighted by Gasteiger charge is 2.46. The molecule has 0 spiro atoms. The molecule has 3 rings (SSSR count). The Morgan fingerprint density at radius 1 is 1.41 bits per heavy atom. The lowest BCUT2D eigenvalue weighted by atomic mass is 9.94. The Hall–Kier alpha value is -1.52. The molecule has 2 atom stereocenters. The minimum absolute atomic E-state index is 0.410. The number of aliphatic imine (C=N–C) groups is 1. The van der Waals surface area contributed by atoms with E-state index in [1.165, 1.54) is 17.7 Å². The zero-order chi connectivity index (χ0) is 15.9. The van der Waals surface area contributed by atoms with Gasteiger partial charge in [-0.15, -0.1) is 0 Å². The molecule has 1 fully saturated rings. The number of nitrogens with zero attached hydrogens (tertiary/aromatic N) is 3. The summed E-state index contributed by atoms with van der Waals surface area (Å²) in [6, 6.07) is 1.41. The molecule has 1 saturated carbocycles. The number of aromatic nitrogens is 2. The maximum atomic E-state index is 4.75. The van der Waals surface area contributed by atoms with E-state index in [0.29, 0.717) is 23.5 Å². The topological polar surface area (TPSA) is 54.2 Å². The number of hydrogen-bond donors (Lipinski definition) is 2. The highest BCUT2D eigenvalue weighted by Crippen LogP contribution is 2.44. The van der Waals surface area contributed by atoms with Gasteiger partial charge in [-0.1, -0.05) is 13.8 Å². The number of nitrogens with one attached hydrogen (secondary N) is 2. The zero-order valence-corrected chi connectivity index (χ0v) is 14.5. The summed E-state index contributed by atoms with van der Waals surface area (Å²) in [5.74, 6) is 0.937. The first kappa shape index (κ1) is 15.4. The van der Waals surface area contributed by atoms with Gasteiger partial charge in [0.2, 0.25) is 0 Å². The quantitative estimate of drug-likeness (QED) is 0.665. The molecule has 2 unspecified atom stereocenters. The van der Waals surface area contributed by atoms with Gasteiger partial charge in [0, 0.05) is 37.8 Å². The molecule has 2 aliphatic rings. The van der Waals surface area contributed by atoms with E-state index in [1.807, 2.05) is 7.05 Å². The third kappa shape index (κ3) is 3.13. The Bertz CT molecular complexity index is 570. The smallest absolute Gasteiger partial charge is 0.191 e. The van der Waals surface area contributed by atoms with Crippen molar-refractivity contribution in [2.24, 2.45) is 10.4 Å². The summed E-state index contributed by atoms with van der Waals surface area (Å²) in [6.07, 6.45) is 6.68. The van der Waals surface area contributed by atoms with Crippen molar-refractivity contribution in [3.8, 4) is 0 Å². The first-order chi connectivity index (χ1) is 10.4. The summed E-state index contributed by atoms with van der Waals surface area (Å²) in [4.78, 5) is 4.39. The molecule has 2 aliphatic carbocycles. The molecule has 1 aromatic rings. The molecule has 0 saturated heterocycles. The van der Waals surface area contributed by atoms with Gasteiger partial charge in [0.25, 0.3) is 0 Å². The van der Waals surface area contributed by atoms with Crippen molar-refractivity contribution in [1.82, 2.24) is 20.4 Å². The summed E-state index contributed by atoms with van der Waals surface area (Å²) >= 11 is 0. The van der Waals surface area contributed by atoms with Crippen molar-refractivity contribution in [3.05, 3.63) is 17.5 Å². The summed E-state index contributed by atoms with van der Waals surface area (Å²) in [5.41, 5.74) is 3.07. The van der Waals surface area contributed by atoms with Crippen LogP contribution in [0.3, 0.4) is 0 Å². The predicted molar refractivity (Wildman–Crippen MR) is 90.2 cm³/mol. The third-order valence-electron chi connectivity index (χ3n) is 5.01. The summed E-state index contributed by atoms with van der Waals surface area (Å²) < 4.78 is 2.09. The molecular weight excluding hydrogens is 274 g/mol. The molecule has 1 aromatic heterocycles. The van der Waals surface area contributed by atoms with Crippen molar-refractivity contribution in [3.63, 3.8) is 0 Å². The maximum Gasteiger partial charge on any atom is 0.191 e. The van der Waals surface area contributed by atoms with Crippen LogP contribution in [0.4, 0.5) is 0 Å². The molecule has 0 aliphatic heterocycles. The Labute approximate surface area is 133 Å². The Morgan fingerprint density at radius 3 is 2.73 bits per heavy atom. The fourth-order valence-corrected chi connectivity index (χ4v) is 3.14. The van der Waals surface area contributed by atoms with Crippen LogP contribution in [0, 0.1) is 5.41 Å². The molecule has 0 bridgehead atoms. The molecular formula is C17H29N5. The van der Waals surface area contributed by atoms with Gasteiger partial charge in [-0.05, 0) is 44.1 Å². The van der Waals surface area contributed by atoms with Crippen LogP contribution in [0.25, 0.3) is 0 Å². The summed E-state index contributed by atoms with van der Waals surface area (Å²) in [6.45, 7) is 8.95. The summed E-state index contributed by atoms with van der Waals surface area (Å²) in [5, 5.41) is 11.9. The van der Waals surface area contributed by atoms with E-state index in [2.05, 4.69) is 54.2 Å². The fourth-order valence-electron chi connectivity index (χ4n) is 3.14. The SMILES string of the molecule is CN=C(NC1CCc2cn(C(C)C)nc2C1)NC1CC1(C)C. The van der Waals surface area contributed by atoms with Crippen molar-refractivity contribution in [2.75, 3.05) is 7.05 Å². The number of aryl methyl sites for hydroxylation is 1. The van der Waals surface area contributed by atoms with Crippen LogP contribution in [0.1, 0.15) is 57.8 Å². The lowest BCUT2D eigenvalue weighted by Crippen LogP contribution is -2.47. The second-order valence-electron chi connectivity index (χ2n) is 7.72. The minimum atomic E-state index is 0.410. The standard InChI is InChI=1S/C17H29N5/c1-11(2)22-10-12-6-7-13(8-14(12)21-22)19-16(18-5)20-15-9-17(15,3)4/h10-11,13,15H,6-9H2,1-5H3,(H2,18,19,20). The monoisotopic (exact) mass is 303 g/mol. The second-order valence-corrected chi connectivity index (χ2v) is 7.72. The first-order valence-electron chi connectivity index (χ1n) is 8.46. The Morgan fingerprint density at radius 2 is 2.14 bits per heavy atom. The van der Waals surface area contributed by atoms with Crippen LogP contribution in [0.2, 0.25) is 0 Å². The van der Waals surface area contributed by atoms with Crippen LogP contribution >= 0.6 is 0 Å². The lowest BCUT2D eigenvalue weighted by molar-refractivity contribution is 0.496. The number of rotatable bonds is 3. The largest absolute Gasteiger partial charge is 0.353 e. The number of hydrogen-bond acceptors (Lipinski definition) is 2. The van der Waals surface area contributed by atoms with Gasteiger partial charge in [0.15, 0.2) is 5.96 Å². The molecule has 5 nitrogen and oxygen atoms in total. The molecule has 2 N–H and O–H groups in total. The lowest BCUT2D eigenvalue weighted by Gasteiger charge is -2.24. The van der Waals surface area contributed by atoms with E-state index < -0.39 is 0 Å². The fraction of sp³-hybridized carbons (Fsp3) is 0.765. The second kappa shape index (κ2) is 5.60. The van der Waals surface area contributed by atoms with Crippen molar-refractivity contribution in [2.45, 2.75) is 71.5 Å². The third-order valence-corrected chi connectivity index (χ3v) is 5.01. The van der Waals surface area contributed by atoms with Gasteiger partial charge in [-0.25, -0.2) is 0 Å². The summed E-state index contributed by atoms with van der Waals surface area (Å²) in [7, 11) is 1.85. The van der Waals surface area contributed by atoms with E-state index in [0.717, 1.165) is 25.2 Å². The molecule has 22 heavy (non-hydrogen) atoms. The van der Waals surface area contributed by atoms with Crippen LogP contribution in [-0.2, 0) is 12.8 Å². The van der Waals surface area contributed by atoms with E-state index in [1.54, 1.807) is 0 Å². The normalized spacial score (nSPS) is 26.7. The van der Waals surface area contributed by atoms with Gasteiger partial charge in [-0.2, -0.15) is 5.10 Å². The van der Waals surface area contributed by atoms with Crippen molar-refractivity contribution < 1.29 is 0 Å². The predicted octanol–water partition coefficient (Wildman–Crippen LogP) is 2.28. The maximum absolute atomic E-state index is 4.75. The van der Waals surface area contributed by atoms with E-state index in [-0.39, 0.29) is 0 Å². The highest BCUT2D eigenvalue weighted by atomic mass is 15.3. The average Bonchev–Trinajstić information content (AvgIpc) is 2.87. The van der Waals surface area contributed by atoms with Gasteiger partial charge < -0.3 is 10.6 Å². The molecule has 122 valence electrons. The molecule has 5 heteroatoms. The van der Waals surface area contributed by atoms with E-state index in [9.17, 15) is 0 Å². The van der Waals surface area contributed by atoms with Crippen LogP contribution in [0.5, 0.6) is 0 Å². The van der Waals surface area contributed by atoms with Crippen molar-refractivity contribution in [1.29, 1.82) is 0 Å². The van der Waals surface area contributed by atoms with E-state index in [4.69, 9.17) is 5.10 Å². The Balaban J connectivity index is 1.59. The van der Waals surface area contributed by atoms with Gasteiger partial charge in [0.1, 0.15) is 0 Å². The van der Waals surface area contributed by atoms with Crippen LogP contribution in [0.15, 0.2) is 11.2 Å². The van der Waals surface area contributed by atoms with Gasteiger partial charge >= 0.3 is 0 Å². The van der Waals surface area contributed by atoms with E-state index >= 15 is 0 Å². The molecule has 0 amide bonds. The van der Waals surface area contributed by atoms with Gasteiger partial charge in [-0.3, -0.25) is 9.67 Å². The minimum Gasteiger partial charge on any atom is -0.353 e. The average molecular weight is 303 g/mol.